The van der Waals surface area contributed by atoms with Gasteiger partial charge in [-0.1, -0.05) is 103 Å². The standard InChI is InChI=1S/C41H26N2O2/c1-2-10-27(11-3-1)29-18-21-31(22-19-29)43(32-23-20-28-12-4-5-13-30(28)26-32)39-35(41-42-36-15-7-9-17-38(36)45-41)25-24-34-33-14-6-8-16-37(33)44-40(34)39/h1-26H/i1D,2D,3D,10D,11D,18D,19D,21D,22D. The monoisotopic (exact) mass is 587 g/mol. The predicted molar refractivity (Wildman–Crippen MR) is 184 cm³/mol. The first-order chi connectivity index (χ1) is 26.0. The smallest absolute Gasteiger partial charge is 0.229 e. The van der Waals surface area contributed by atoms with Crippen molar-refractivity contribution >= 4 is 60.9 Å². The minimum absolute atomic E-state index is 0.165. The third kappa shape index (κ3) is 4.27. The van der Waals surface area contributed by atoms with E-state index in [0.717, 1.165) is 21.5 Å². The highest BCUT2D eigenvalue weighted by atomic mass is 16.3. The molecule has 0 unspecified atom stereocenters. The molecule has 9 aromatic rings. The minimum atomic E-state index is -0.649. The number of hydrogen-bond acceptors (Lipinski definition) is 4. The molecule has 0 aliphatic heterocycles. The van der Waals surface area contributed by atoms with E-state index in [2.05, 4.69) is 0 Å². The lowest BCUT2D eigenvalue weighted by Crippen LogP contribution is -2.11. The van der Waals surface area contributed by atoms with E-state index in [4.69, 9.17) is 20.7 Å². The molecule has 0 aliphatic carbocycles. The van der Waals surface area contributed by atoms with Crippen LogP contribution in [0.2, 0.25) is 0 Å². The van der Waals surface area contributed by atoms with Gasteiger partial charge in [0.2, 0.25) is 5.89 Å². The molecule has 0 fully saturated rings. The van der Waals surface area contributed by atoms with Gasteiger partial charge < -0.3 is 13.7 Å². The first-order valence-corrected chi connectivity index (χ1v) is 14.3. The molecule has 0 bridgehead atoms. The summed E-state index contributed by atoms with van der Waals surface area (Å²) in [6, 6.07) is 26.4. The van der Waals surface area contributed by atoms with Gasteiger partial charge in [-0.15, -0.1) is 0 Å². The van der Waals surface area contributed by atoms with E-state index < -0.39 is 65.5 Å². The lowest BCUT2D eigenvalue weighted by molar-refractivity contribution is 0.619. The highest BCUT2D eigenvalue weighted by molar-refractivity contribution is 6.13. The van der Waals surface area contributed by atoms with Crippen LogP contribution in [0.5, 0.6) is 0 Å². The maximum Gasteiger partial charge on any atom is 0.229 e. The molecule has 0 radical (unpaired) electrons. The van der Waals surface area contributed by atoms with Crippen LogP contribution in [0, 0.1) is 0 Å². The van der Waals surface area contributed by atoms with Crippen LogP contribution in [0.1, 0.15) is 12.3 Å². The Labute approximate surface area is 272 Å². The first-order valence-electron chi connectivity index (χ1n) is 18.8. The Morgan fingerprint density at radius 1 is 0.556 bits per heavy atom. The largest absolute Gasteiger partial charge is 0.454 e. The number of aromatic nitrogens is 1. The summed E-state index contributed by atoms with van der Waals surface area (Å²) in [4.78, 5) is 6.41. The SMILES string of the molecule is [2H]c1c([2H])c([2H])c(-c2c([2H])c([2H])c(N(c3ccc4ccccc4c3)c3c(-c4nc5ccccc5o4)ccc4c3oc3ccccc34)c([2H])c2[2H])c([2H])c1[2H]. The summed E-state index contributed by atoms with van der Waals surface area (Å²) < 4.78 is 92.3. The van der Waals surface area contributed by atoms with Crippen molar-refractivity contribution < 1.29 is 21.2 Å². The minimum Gasteiger partial charge on any atom is -0.454 e. The molecular formula is C41H26N2O2. The van der Waals surface area contributed by atoms with E-state index in [0.29, 0.717) is 39.2 Å². The molecule has 0 saturated heterocycles. The Kier molecular flexibility index (Phi) is 4.07. The number of anilines is 3. The number of benzene rings is 7. The highest BCUT2D eigenvalue weighted by Crippen LogP contribution is 2.48. The van der Waals surface area contributed by atoms with Gasteiger partial charge in [-0.2, -0.15) is 0 Å². The van der Waals surface area contributed by atoms with Crippen LogP contribution < -0.4 is 4.90 Å². The van der Waals surface area contributed by atoms with Crippen molar-refractivity contribution in [3.63, 3.8) is 0 Å². The summed E-state index contributed by atoms with van der Waals surface area (Å²) in [6.07, 6.45) is 0. The van der Waals surface area contributed by atoms with Gasteiger partial charge in [-0.25, -0.2) is 4.98 Å². The van der Waals surface area contributed by atoms with E-state index in [9.17, 15) is 5.48 Å². The van der Waals surface area contributed by atoms with Gasteiger partial charge in [-0.05, 0) is 76.4 Å². The van der Waals surface area contributed by atoms with E-state index in [1.807, 2.05) is 97.1 Å². The van der Waals surface area contributed by atoms with Gasteiger partial charge in [0.05, 0.1) is 17.9 Å². The number of furan rings is 1. The Hall–Kier alpha value is -6.13. The van der Waals surface area contributed by atoms with Gasteiger partial charge in [0.1, 0.15) is 16.8 Å². The number of oxazole rings is 1. The molecule has 9 rings (SSSR count). The van der Waals surface area contributed by atoms with Crippen molar-refractivity contribution in [2.24, 2.45) is 0 Å². The summed E-state index contributed by atoms with van der Waals surface area (Å²) in [6.45, 7) is 0. The Bertz CT molecular complexity index is 2940. The molecule has 0 N–H and O–H groups in total. The molecule has 2 heterocycles. The Morgan fingerprint density at radius 2 is 1.29 bits per heavy atom. The fourth-order valence-corrected chi connectivity index (χ4v) is 5.76. The molecule has 45 heavy (non-hydrogen) atoms. The van der Waals surface area contributed by atoms with Crippen LogP contribution in [0.3, 0.4) is 0 Å². The summed E-state index contributed by atoms with van der Waals surface area (Å²) in [5, 5.41) is 3.30. The molecule has 0 amide bonds. The Balaban J connectivity index is 1.43. The van der Waals surface area contributed by atoms with Gasteiger partial charge in [0.25, 0.3) is 0 Å². The molecule has 4 nitrogen and oxygen atoms in total. The van der Waals surface area contributed by atoms with Crippen molar-refractivity contribution in [2.75, 3.05) is 4.90 Å². The second-order valence-electron chi connectivity index (χ2n) is 10.5. The van der Waals surface area contributed by atoms with Crippen LogP contribution in [0.15, 0.2) is 166 Å². The molecule has 0 saturated carbocycles. The number of hydrogen-bond donors (Lipinski definition) is 0. The third-order valence-electron chi connectivity index (χ3n) is 7.85. The zero-order valence-corrected chi connectivity index (χ0v) is 23.5. The van der Waals surface area contributed by atoms with E-state index in [-0.39, 0.29) is 11.6 Å². The fraction of sp³-hybridized carbons (Fsp3) is 0. The zero-order chi connectivity index (χ0) is 37.6. The lowest BCUT2D eigenvalue weighted by atomic mass is 10.0. The molecule has 212 valence electrons. The van der Waals surface area contributed by atoms with Crippen molar-refractivity contribution in [1.29, 1.82) is 0 Å². The molecule has 4 heteroatoms. The predicted octanol–water partition coefficient (Wildman–Crippen LogP) is 11.7. The van der Waals surface area contributed by atoms with Crippen LogP contribution in [-0.2, 0) is 0 Å². The average molecular weight is 588 g/mol. The van der Waals surface area contributed by atoms with Crippen LogP contribution in [-0.4, -0.2) is 4.98 Å². The fourth-order valence-electron chi connectivity index (χ4n) is 5.76. The van der Waals surface area contributed by atoms with Crippen LogP contribution >= 0.6 is 0 Å². The van der Waals surface area contributed by atoms with Crippen molar-refractivity contribution in [1.82, 2.24) is 4.98 Å². The maximum absolute atomic E-state index is 9.53. The van der Waals surface area contributed by atoms with Crippen molar-refractivity contribution in [2.45, 2.75) is 0 Å². The van der Waals surface area contributed by atoms with Crippen molar-refractivity contribution in [3.8, 4) is 22.6 Å². The van der Waals surface area contributed by atoms with Gasteiger partial charge in [0, 0.05) is 22.1 Å². The number of para-hydroxylation sites is 3. The lowest BCUT2D eigenvalue weighted by Gasteiger charge is -2.27. The van der Waals surface area contributed by atoms with E-state index in [1.165, 1.54) is 0 Å². The first kappa shape index (κ1) is 17.9. The average Bonchev–Trinajstić information content (AvgIpc) is 3.80. The zero-order valence-electron chi connectivity index (χ0n) is 32.5. The van der Waals surface area contributed by atoms with Crippen LogP contribution in [0.25, 0.3) is 66.4 Å². The summed E-state index contributed by atoms with van der Waals surface area (Å²) >= 11 is 0. The van der Waals surface area contributed by atoms with Gasteiger partial charge >= 0.3 is 0 Å². The summed E-state index contributed by atoms with van der Waals surface area (Å²) in [5.74, 6) is 0.227. The topological polar surface area (TPSA) is 42.4 Å². The van der Waals surface area contributed by atoms with Gasteiger partial charge in [0.15, 0.2) is 11.2 Å². The molecule has 0 atom stereocenters. The second-order valence-corrected chi connectivity index (χ2v) is 10.5. The third-order valence-corrected chi connectivity index (χ3v) is 7.85. The molecule has 2 aromatic heterocycles. The van der Waals surface area contributed by atoms with Crippen LogP contribution in [0.4, 0.5) is 17.1 Å². The highest BCUT2D eigenvalue weighted by Gasteiger charge is 2.26. The maximum atomic E-state index is 9.53. The quantitative estimate of drug-likeness (QED) is 0.201. The Morgan fingerprint density at radius 3 is 2.13 bits per heavy atom. The summed E-state index contributed by atoms with van der Waals surface area (Å²) in [7, 11) is 0. The molecular weight excluding hydrogens is 552 g/mol. The summed E-state index contributed by atoms with van der Waals surface area (Å²) in [5.41, 5.74) is 2.34. The second kappa shape index (κ2) is 10.2. The van der Waals surface area contributed by atoms with E-state index >= 15 is 0 Å². The molecule has 0 aliphatic rings. The van der Waals surface area contributed by atoms with Gasteiger partial charge in [-0.3, -0.25) is 0 Å². The van der Waals surface area contributed by atoms with Crippen molar-refractivity contribution in [3.05, 3.63) is 158 Å². The number of nitrogens with zero attached hydrogens (tertiary/aromatic N) is 2. The molecule has 0 spiro atoms. The number of rotatable bonds is 5. The normalized spacial score (nSPS) is 14.4. The number of fused-ring (bicyclic) bond motifs is 5. The van der Waals surface area contributed by atoms with E-state index in [1.54, 1.807) is 11.0 Å². The molecule has 7 aromatic carbocycles.